The molecule has 1 aliphatic rings. The third-order valence-electron chi connectivity index (χ3n) is 4.23. The van der Waals surface area contributed by atoms with Crippen molar-refractivity contribution in [3.63, 3.8) is 0 Å². The van der Waals surface area contributed by atoms with Gasteiger partial charge in [-0.1, -0.05) is 25.1 Å². The Hall–Kier alpha value is -2.43. The number of likely N-dealkylation sites (tertiary alicyclic amines) is 1. The lowest BCUT2D eigenvalue weighted by Crippen LogP contribution is -2.39. The van der Waals surface area contributed by atoms with Crippen molar-refractivity contribution in [2.45, 2.75) is 19.8 Å². The number of methoxy groups -OCH3 is 1. The van der Waals surface area contributed by atoms with Crippen molar-refractivity contribution in [2.24, 2.45) is 5.92 Å². The quantitative estimate of drug-likeness (QED) is 0.874. The summed E-state index contributed by atoms with van der Waals surface area (Å²) in [5.74, 6) is 1.09. The zero-order valence-corrected chi connectivity index (χ0v) is 13.5. The Balaban J connectivity index is 1.92. The van der Waals surface area contributed by atoms with Gasteiger partial charge in [-0.25, -0.2) is 0 Å². The maximum Gasteiger partial charge on any atom is 0.254 e. The van der Waals surface area contributed by atoms with Crippen LogP contribution in [0.5, 0.6) is 5.88 Å². The number of nitrogens with zero attached hydrogens (tertiary/aromatic N) is 3. The Morgan fingerprint density at radius 3 is 2.74 bits per heavy atom. The predicted molar refractivity (Wildman–Crippen MR) is 88.3 cm³/mol. The number of rotatable bonds is 3. The summed E-state index contributed by atoms with van der Waals surface area (Å²) in [6.07, 6.45) is 2.26. The molecule has 1 amide bonds. The zero-order chi connectivity index (χ0) is 16.2. The molecule has 1 unspecified atom stereocenters. The van der Waals surface area contributed by atoms with Crippen LogP contribution in [0, 0.1) is 5.92 Å². The summed E-state index contributed by atoms with van der Waals surface area (Å²) in [5.41, 5.74) is 2.17. The molecule has 5 heteroatoms. The Morgan fingerprint density at radius 1 is 1.22 bits per heavy atom. The van der Waals surface area contributed by atoms with E-state index in [9.17, 15) is 4.79 Å². The summed E-state index contributed by atoms with van der Waals surface area (Å²) in [6.45, 7) is 3.84. The van der Waals surface area contributed by atoms with Gasteiger partial charge in [0.05, 0.1) is 12.8 Å². The van der Waals surface area contributed by atoms with E-state index in [1.165, 1.54) is 6.42 Å². The number of carbonyl (C=O) groups excluding carboxylic acids is 1. The number of benzene rings is 1. The van der Waals surface area contributed by atoms with Gasteiger partial charge < -0.3 is 9.64 Å². The van der Waals surface area contributed by atoms with Crippen LogP contribution in [0.15, 0.2) is 36.4 Å². The Bertz CT molecular complexity index is 685. The fourth-order valence-electron chi connectivity index (χ4n) is 3.01. The first-order chi connectivity index (χ1) is 11.2. The second-order valence-electron chi connectivity index (χ2n) is 6.01. The van der Waals surface area contributed by atoms with Gasteiger partial charge in [0.15, 0.2) is 0 Å². The van der Waals surface area contributed by atoms with Crippen LogP contribution in [0.25, 0.3) is 11.3 Å². The molecule has 1 saturated heterocycles. The van der Waals surface area contributed by atoms with Crippen molar-refractivity contribution in [1.82, 2.24) is 15.1 Å². The fourth-order valence-corrected chi connectivity index (χ4v) is 3.01. The largest absolute Gasteiger partial charge is 0.480 e. The van der Waals surface area contributed by atoms with E-state index in [0.29, 0.717) is 23.1 Å². The van der Waals surface area contributed by atoms with Gasteiger partial charge in [0.25, 0.3) is 5.91 Å². The van der Waals surface area contributed by atoms with Gasteiger partial charge in [-0.2, -0.15) is 0 Å². The van der Waals surface area contributed by atoms with Crippen molar-refractivity contribution < 1.29 is 9.53 Å². The Morgan fingerprint density at radius 2 is 2.04 bits per heavy atom. The molecule has 5 nitrogen and oxygen atoms in total. The molecule has 23 heavy (non-hydrogen) atoms. The minimum atomic E-state index is 0.0739. The molecule has 0 bridgehead atoms. The lowest BCUT2D eigenvalue weighted by molar-refractivity contribution is 0.0684. The summed E-state index contributed by atoms with van der Waals surface area (Å²) in [5, 5.41) is 8.18. The Kier molecular flexibility index (Phi) is 4.55. The van der Waals surface area contributed by atoms with Crippen LogP contribution in [0.2, 0.25) is 0 Å². The number of hydrogen-bond acceptors (Lipinski definition) is 4. The van der Waals surface area contributed by atoms with Gasteiger partial charge in [-0.05, 0) is 30.9 Å². The molecule has 0 radical (unpaired) electrons. The van der Waals surface area contributed by atoms with E-state index >= 15 is 0 Å². The normalized spacial score (nSPS) is 17.8. The van der Waals surface area contributed by atoms with Gasteiger partial charge in [0, 0.05) is 30.3 Å². The first kappa shape index (κ1) is 15.5. The number of carbonyl (C=O) groups is 1. The molecule has 0 aliphatic carbocycles. The standard InChI is InChI=1S/C18H21N3O2/c1-13-6-5-11-21(12-13)18(22)15-8-4-3-7-14(15)16-9-10-17(23-2)20-19-16/h3-4,7-10,13H,5-6,11-12H2,1-2H3. The first-order valence-corrected chi connectivity index (χ1v) is 7.95. The minimum Gasteiger partial charge on any atom is -0.480 e. The lowest BCUT2D eigenvalue weighted by Gasteiger charge is -2.31. The van der Waals surface area contributed by atoms with Crippen molar-refractivity contribution in [3.8, 4) is 17.1 Å². The van der Waals surface area contributed by atoms with Crippen LogP contribution in [-0.4, -0.2) is 41.2 Å². The van der Waals surface area contributed by atoms with E-state index in [0.717, 1.165) is 25.1 Å². The molecule has 2 aromatic rings. The van der Waals surface area contributed by atoms with E-state index in [1.807, 2.05) is 35.2 Å². The van der Waals surface area contributed by atoms with Crippen LogP contribution in [0.1, 0.15) is 30.1 Å². The summed E-state index contributed by atoms with van der Waals surface area (Å²) in [6, 6.07) is 11.2. The molecule has 1 fully saturated rings. The van der Waals surface area contributed by atoms with Crippen LogP contribution in [0.4, 0.5) is 0 Å². The third-order valence-corrected chi connectivity index (χ3v) is 4.23. The van der Waals surface area contributed by atoms with Crippen LogP contribution < -0.4 is 4.74 Å². The van der Waals surface area contributed by atoms with E-state index in [-0.39, 0.29) is 5.91 Å². The number of aromatic nitrogens is 2. The van der Waals surface area contributed by atoms with Crippen molar-refractivity contribution in [3.05, 3.63) is 42.0 Å². The lowest BCUT2D eigenvalue weighted by atomic mass is 9.97. The van der Waals surface area contributed by atoms with Crippen molar-refractivity contribution in [2.75, 3.05) is 20.2 Å². The number of hydrogen-bond donors (Lipinski definition) is 0. The number of ether oxygens (including phenoxy) is 1. The van der Waals surface area contributed by atoms with Gasteiger partial charge >= 0.3 is 0 Å². The van der Waals surface area contributed by atoms with E-state index in [2.05, 4.69) is 17.1 Å². The van der Waals surface area contributed by atoms with Gasteiger partial charge in [0.2, 0.25) is 5.88 Å². The number of amides is 1. The molecular formula is C18H21N3O2. The molecule has 1 aromatic heterocycles. The molecule has 2 heterocycles. The summed E-state index contributed by atoms with van der Waals surface area (Å²) in [4.78, 5) is 14.9. The third kappa shape index (κ3) is 3.33. The topological polar surface area (TPSA) is 55.3 Å². The monoisotopic (exact) mass is 311 g/mol. The van der Waals surface area contributed by atoms with Gasteiger partial charge in [-0.3, -0.25) is 4.79 Å². The van der Waals surface area contributed by atoms with Crippen LogP contribution >= 0.6 is 0 Å². The maximum absolute atomic E-state index is 12.9. The second-order valence-corrected chi connectivity index (χ2v) is 6.01. The summed E-state index contributed by atoms with van der Waals surface area (Å²) >= 11 is 0. The molecular weight excluding hydrogens is 290 g/mol. The molecule has 1 aromatic carbocycles. The van der Waals surface area contributed by atoms with Crippen molar-refractivity contribution >= 4 is 5.91 Å². The summed E-state index contributed by atoms with van der Waals surface area (Å²) in [7, 11) is 1.55. The van der Waals surface area contributed by atoms with Crippen molar-refractivity contribution in [1.29, 1.82) is 0 Å². The van der Waals surface area contributed by atoms with Gasteiger partial charge in [-0.15, -0.1) is 10.2 Å². The molecule has 120 valence electrons. The first-order valence-electron chi connectivity index (χ1n) is 7.95. The highest BCUT2D eigenvalue weighted by molar-refractivity contribution is 6.00. The average molecular weight is 311 g/mol. The maximum atomic E-state index is 12.9. The average Bonchev–Trinajstić information content (AvgIpc) is 2.61. The second kappa shape index (κ2) is 6.77. The van der Waals surface area contributed by atoms with E-state index < -0.39 is 0 Å². The van der Waals surface area contributed by atoms with Gasteiger partial charge in [0.1, 0.15) is 0 Å². The molecule has 0 spiro atoms. The zero-order valence-electron chi connectivity index (χ0n) is 13.5. The minimum absolute atomic E-state index is 0.0739. The smallest absolute Gasteiger partial charge is 0.254 e. The highest BCUT2D eigenvalue weighted by atomic mass is 16.5. The Labute approximate surface area is 136 Å². The van der Waals surface area contributed by atoms with Crippen LogP contribution in [-0.2, 0) is 0 Å². The molecule has 0 N–H and O–H groups in total. The molecule has 1 aliphatic heterocycles. The number of piperidine rings is 1. The highest BCUT2D eigenvalue weighted by Gasteiger charge is 2.24. The fraction of sp³-hybridized carbons (Fsp3) is 0.389. The summed E-state index contributed by atoms with van der Waals surface area (Å²) < 4.78 is 5.04. The van der Waals surface area contributed by atoms with E-state index in [4.69, 9.17) is 4.74 Å². The van der Waals surface area contributed by atoms with Crippen LogP contribution in [0.3, 0.4) is 0 Å². The molecule has 1 atom stereocenters. The molecule has 3 rings (SSSR count). The predicted octanol–water partition coefficient (Wildman–Crippen LogP) is 3.02. The van der Waals surface area contributed by atoms with E-state index in [1.54, 1.807) is 13.2 Å². The molecule has 0 saturated carbocycles. The SMILES string of the molecule is COc1ccc(-c2ccccc2C(=O)N2CCCC(C)C2)nn1. The highest BCUT2D eigenvalue weighted by Crippen LogP contribution is 2.25.